The molecular weight excluding hydrogens is 1620 g/mol. The van der Waals surface area contributed by atoms with Crippen molar-refractivity contribution in [3.63, 3.8) is 0 Å². The van der Waals surface area contributed by atoms with E-state index in [0.717, 1.165) is 174 Å². The fraction of sp³-hybridized carbons (Fsp3) is 0.734. The van der Waals surface area contributed by atoms with Gasteiger partial charge in [-0.3, -0.25) is 33.6 Å². The van der Waals surface area contributed by atoms with Gasteiger partial charge < -0.3 is 41.1 Å². The number of carbonyl (C=O) groups is 4. The quantitative estimate of drug-likeness (QED) is 0.0245. The Kier molecular flexibility index (Phi) is 33.8. The van der Waals surface area contributed by atoms with E-state index in [1.54, 1.807) is 46.2 Å². The predicted molar refractivity (Wildman–Crippen MR) is 449 cm³/mol. The van der Waals surface area contributed by atoms with Crippen LogP contribution in [0.3, 0.4) is 0 Å². The Balaban J connectivity index is 0.000000202. The number of aromatic amines is 1. The molecule has 646 valence electrons. The van der Waals surface area contributed by atoms with E-state index in [1.165, 1.54) is 94.2 Å². The van der Waals surface area contributed by atoms with Crippen molar-refractivity contribution in [2.75, 3.05) is 46.5 Å². The third-order valence-electron chi connectivity index (χ3n) is 33.7. The molecule has 3 aromatic heterocycles. The van der Waals surface area contributed by atoms with E-state index in [0.29, 0.717) is 76.2 Å². The molecule has 24 heteroatoms. The minimum absolute atomic E-state index is 0. The van der Waals surface area contributed by atoms with Crippen LogP contribution in [0.1, 0.15) is 239 Å². The van der Waals surface area contributed by atoms with Gasteiger partial charge >= 0.3 is 103 Å². The van der Waals surface area contributed by atoms with Gasteiger partial charge in [0.1, 0.15) is 29.8 Å². The van der Waals surface area contributed by atoms with Crippen LogP contribution in [0.2, 0.25) is 0 Å². The first-order valence-electron chi connectivity index (χ1n) is 42.7. The first-order valence-corrected chi connectivity index (χ1v) is 43.8. The van der Waals surface area contributed by atoms with Gasteiger partial charge in [0, 0.05) is 61.4 Å². The second-order valence-electron chi connectivity index (χ2n) is 39.4. The number of ketones is 3. The molecule has 6 aromatic rings. The van der Waals surface area contributed by atoms with Crippen LogP contribution in [0.4, 0.5) is 13.2 Å². The first-order chi connectivity index (χ1) is 53.9. The van der Waals surface area contributed by atoms with E-state index < -0.39 is 16.8 Å². The summed E-state index contributed by atoms with van der Waals surface area (Å²) < 4.78 is 60.8. The van der Waals surface area contributed by atoms with Gasteiger partial charge in [-0.15, -0.1) is 0 Å². The smallest absolute Gasteiger partial charge is 1.00 e. The minimum atomic E-state index is -0.550. The number of fused-ring (bicyclic) bond motifs is 18. The molecule has 0 amide bonds. The van der Waals surface area contributed by atoms with Gasteiger partial charge in [-0.1, -0.05) is 59.0 Å². The molecule has 4 N–H and O–H groups in total. The molecule has 118 heavy (non-hydrogen) atoms. The van der Waals surface area contributed by atoms with Crippen LogP contribution >= 0.6 is 15.9 Å². The van der Waals surface area contributed by atoms with Crippen LogP contribution in [-0.4, -0.2) is 132 Å². The minimum Gasteiger partial charge on any atom is -1.00 e. The van der Waals surface area contributed by atoms with Crippen molar-refractivity contribution in [1.82, 2.24) is 29.8 Å². The Morgan fingerprint density at radius 2 is 0.907 bits per heavy atom. The number of H-pyrrole nitrogens is 1. The fourth-order valence-electron chi connectivity index (χ4n) is 28.8. The number of aliphatic hydroxyl groups is 3. The maximum absolute atomic E-state index is 13.7. The maximum atomic E-state index is 13.7. The third-order valence-corrected chi connectivity index (χ3v) is 34.2. The SMILES string of the molecule is C.C.C.COC[C@]12CC[C@@](C)(O)C[C@H]1CC[C@H]1[C@@H]3CC[C@H](C(=O)CBr)[C@@]3(C)CC[C@@H]12.COC[C@]12CC[C@@](C)(O)C[C@H]1CC[C@H]1[C@@H]3CC[C@H](C(=O)Cn4cc5cc(F)ccc5n4)[C@@]3(C)CC[C@@H]12.COC[C@]12CC[C@@](C)(O)C[C@H]1CC[C@H]1[C@@H]3CC[C@H](C(=O)Cn4ncc5cc(F)ccc54)[C@@]3(C)CC[C@@H]12.Fc1ccc2[nH]ncc2c1.O=CO[O-].[H-].[K+].[K+]. The summed E-state index contributed by atoms with van der Waals surface area (Å²) in [4.78, 5) is 51.2. The standard InChI is InChI=1S/2C30H41FN2O3.C23H37BrO3.C7H5FN2.CH2O3.3CH4.2K.H/c1-28(35)12-13-30(18-36-3)20(15-28)4-6-22-23-7-8-25(29(23,2)11-10-24(22)30)27(34)17-33-16-19-14-21(31)5-9-26(19)32-33;1-28(35)12-13-30(18-36-3)20(15-28)4-6-22-23-7-8-25(29(23,2)11-10-24(22)30)27(34)17-33-26-9-5-21(31)14-19(26)16-32-33;1-21(26)10-11-23(14-27-3)15(12-21)4-5-16-17-6-7-19(20(25)13-24)22(17,2)9-8-18(16)23;8-6-1-2-7-5(3-6)4-9-10-7;2-1-4-3;;;;;;/h2*5,9,14,16,20,22-25,35H,4,6-8,10-13,15,17-18H2,1-3H3;15-19,26H,4-14H2,1-3H3;1-4H,(H,9,10);1,3H;3*1H4;;;/q;;;;;;;;2*+1;-1/p-1/t2*20-,22+,23+,24+,25-,28-,29+,30-;15-,16+,17+,18+,19-,21-,22+,23-;;;;;;;;/m111......../s1. The molecule has 18 rings (SSSR count). The number of hydrogen-bond acceptors (Lipinski definition) is 15. The van der Waals surface area contributed by atoms with Crippen LogP contribution < -0.4 is 108 Å². The summed E-state index contributed by atoms with van der Waals surface area (Å²) in [6, 6.07) is 13.7. The molecule has 12 fully saturated rings. The number of hydrogen-bond donors (Lipinski definition) is 4. The molecule has 12 aliphatic rings. The average Bonchev–Trinajstić information content (AvgIpc) is 1.69. The summed E-state index contributed by atoms with van der Waals surface area (Å²) in [5.41, 5.74) is 1.68. The van der Waals surface area contributed by atoms with E-state index in [-0.39, 0.29) is 225 Å². The van der Waals surface area contributed by atoms with E-state index in [4.69, 9.17) is 24.3 Å². The number of aromatic nitrogens is 6. The molecule has 18 nitrogen and oxygen atoms in total. The van der Waals surface area contributed by atoms with Crippen LogP contribution in [-0.2, 0) is 51.4 Å². The molecular formula is C94H138BrF3K2N6O12. The number of rotatable bonds is 15. The van der Waals surface area contributed by atoms with Crippen molar-refractivity contribution in [1.29, 1.82) is 0 Å². The van der Waals surface area contributed by atoms with E-state index in [9.17, 15) is 42.9 Å². The summed E-state index contributed by atoms with van der Waals surface area (Å²) in [7, 11) is 5.54. The molecule has 24 atom stereocenters. The second-order valence-corrected chi connectivity index (χ2v) is 40.0. The maximum Gasteiger partial charge on any atom is 1.00 e. The van der Waals surface area contributed by atoms with Crippen LogP contribution in [0.25, 0.3) is 32.7 Å². The van der Waals surface area contributed by atoms with Gasteiger partial charge in [-0.25, -0.2) is 13.2 Å². The van der Waals surface area contributed by atoms with Crippen molar-refractivity contribution in [2.45, 2.75) is 267 Å². The number of benzene rings is 3. The molecule has 12 aliphatic carbocycles. The number of alkyl halides is 1. The van der Waals surface area contributed by atoms with Crippen molar-refractivity contribution in [2.24, 2.45) is 121 Å². The number of methoxy groups -OCH3 is 3. The second kappa shape index (κ2) is 40.0. The predicted octanol–water partition coefficient (Wildman–Crippen LogP) is 12.7. The largest absolute Gasteiger partial charge is 1.00 e. The van der Waals surface area contributed by atoms with Crippen LogP contribution in [0, 0.1) is 139 Å². The Labute approximate surface area is 795 Å². The van der Waals surface area contributed by atoms with Gasteiger partial charge in [0.25, 0.3) is 6.47 Å². The molecule has 0 bridgehead atoms. The zero-order chi connectivity index (χ0) is 80.4. The number of halogens is 4. The van der Waals surface area contributed by atoms with Crippen LogP contribution in [0.5, 0.6) is 0 Å². The van der Waals surface area contributed by atoms with Crippen molar-refractivity contribution in [3.05, 3.63) is 90.6 Å². The van der Waals surface area contributed by atoms with Crippen molar-refractivity contribution < 1.29 is 176 Å². The molecule has 0 aliphatic heterocycles. The molecule has 0 unspecified atom stereocenters. The first kappa shape index (κ1) is 99.6. The third kappa shape index (κ3) is 19.2. The Bertz CT molecular complexity index is 4390. The van der Waals surface area contributed by atoms with Gasteiger partial charge in [-0.05, 0) is 352 Å². The van der Waals surface area contributed by atoms with E-state index in [2.05, 4.69) is 62.0 Å². The Hall–Kier alpha value is -2.19. The average molecular weight is 1760 g/mol. The van der Waals surface area contributed by atoms with Gasteiger partial charge in [-0.2, -0.15) is 15.3 Å². The summed E-state index contributed by atoms with van der Waals surface area (Å²) in [6.45, 7) is 16.1. The summed E-state index contributed by atoms with van der Waals surface area (Å²) in [5.74, 6) is 8.08. The molecule has 3 heterocycles. The summed E-state index contributed by atoms with van der Waals surface area (Å²) in [5, 5.41) is 59.1. The Morgan fingerprint density at radius 3 is 1.32 bits per heavy atom. The topological polar surface area (TPSA) is 253 Å². The number of Topliss-reactive ketones (excluding diaryl/α,β-unsaturated/α-hetero) is 3. The van der Waals surface area contributed by atoms with Gasteiger partial charge in [0.05, 0.1) is 77.4 Å². The zero-order valence-corrected chi connectivity index (χ0v) is 78.1. The summed E-state index contributed by atoms with van der Waals surface area (Å²) in [6.07, 6.45) is 34.3. The molecule has 0 spiro atoms. The van der Waals surface area contributed by atoms with Gasteiger partial charge in [0.2, 0.25) is 0 Å². The number of ether oxygens (including phenoxy) is 3. The number of carbonyl (C=O) groups excluding carboxylic acids is 4. The van der Waals surface area contributed by atoms with Gasteiger partial charge in [0.15, 0.2) is 11.6 Å². The molecule has 3 aromatic carbocycles. The normalized spacial score (nSPS) is 38.6. The molecule has 0 saturated heterocycles. The van der Waals surface area contributed by atoms with E-state index >= 15 is 0 Å². The number of nitrogens with zero attached hydrogens (tertiary/aromatic N) is 5. The van der Waals surface area contributed by atoms with E-state index in [1.807, 2.05) is 42.1 Å². The monoisotopic (exact) mass is 1760 g/mol. The van der Waals surface area contributed by atoms with Crippen molar-refractivity contribution >= 4 is 72.5 Å². The molecule has 12 saturated carbocycles. The zero-order valence-electron chi connectivity index (χ0n) is 71.3. The summed E-state index contributed by atoms with van der Waals surface area (Å²) >= 11 is 3.43. The number of nitrogens with one attached hydrogen (secondary N) is 1. The van der Waals surface area contributed by atoms with Crippen molar-refractivity contribution in [3.8, 4) is 0 Å². The molecule has 0 radical (unpaired) electrons. The fourth-order valence-corrected chi connectivity index (χ4v) is 29.2. The van der Waals surface area contributed by atoms with Crippen LogP contribution in [0.15, 0.2) is 73.2 Å². The Morgan fingerprint density at radius 1 is 0.517 bits per heavy atom.